The molecule has 2 atom stereocenters. The SMILES string of the molecule is CC1(C(=O)N2C[C@@H](N)[C@H](c3cccc(F)c3)C2)CNC1. The molecule has 1 aromatic carbocycles. The van der Waals surface area contributed by atoms with E-state index in [2.05, 4.69) is 5.32 Å². The van der Waals surface area contributed by atoms with Gasteiger partial charge in [-0.3, -0.25) is 4.79 Å². The molecule has 4 nitrogen and oxygen atoms in total. The normalized spacial score (nSPS) is 28.2. The Morgan fingerprint density at radius 3 is 2.80 bits per heavy atom. The number of nitrogens with one attached hydrogen (secondary N) is 1. The second kappa shape index (κ2) is 4.82. The van der Waals surface area contributed by atoms with E-state index in [1.165, 1.54) is 12.1 Å². The molecule has 108 valence electrons. The zero-order valence-corrected chi connectivity index (χ0v) is 11.6. The summed E-state index contributed by atoms with van der Waals surface area (Å²) in [5.41, 5.74) is 6.74. The van der Waals surface area contributed by atoms with Crippen LogP contribution in [0.2, 0.25) is 0 Å². The topological polar surface area (TPSA) is 58.4 Å². The molecule has 0 radical (unpaired) electrons. The van der Waals surface area contributed by atoms with Crippen molar-refractivity contribution in [3.8, 4) is 0 Å². The molecule has 2 saturated heterocycles. The third kappa shape index (κ3) is 2.21. The van der Waals surface area contributed by atoms with Crippen molar-refractivity contribution in [2.24, 2.45) is 11.1 Å². The first-order valence-electron chi connectivity index (χ1n) is 7.01. The van der Waals surface area contributed by atoms with Crippen LogP contribution in [0, 0.1) is 11.2 Å². The van der Waals surface area contributed by atoms with Crippen molar-refractivity contribution < 1.29 is 9.18 Å². The molecule has 0 aliphatic carbocycles. The van der Waals surface area contributed by atoms with Crippen LogP contribution < -0.4 is 11.1 Å². The minimum atomic E-state index is -0.295. The third-order valence-corrected chi connectivity index (χ3v) is 4.48. The largest absolute Gasteiger partial charge is 0.340 e. The van der Waals surface area contributed by atoms with Crippen molar-refractivity contribution >= 4 is 5.91 Å². The molecule has 2 aliphatic rings. The van der Waals surface area contributed by atoms with Gasteiger partial charge in [-0.15, -0.1) is 0 Å². The van der Waals surface area contributed by atoms with Gasteiger partial charge in [0.2, 0.25) is 5.91 Å². The lowest BCUT2D eigenvalue weighted by atomic mass is 9.82. The van der Waals surface area contributed by atoms with Gasteiger partial charge in [0.25, 0.3) is 0 Å². The Hall–Kier alpha value is -1.46. The zero-order chi connectivity index (χ0) is 14.3. The highest BCUT2D eigenvalue weighted by Gasteiger charge is 2.45. The molecule has 3 N–H and O–H groups in total. The summed E-state index contributed by atoms with van der Waals surface area (Å²) < 4.78 is 13.3. The first-order chi connectivity index (χ1) is 9.49. The van der Waals surface area contributed by atoms with Gasteiger partial charge < -0.3 is 16.0 Å². The Morgan fingerprint density at radius 1 is 1.45 bits per heavy atom. The van der Waals surface area contributed by atoms with E-state index < -0.39 is 0 Å². The molecule has 5 heteroatoms. The van der Waals surface area contributed by atoms with Gasteiger partial charge in [-0.25, -0.2) is 4.39 Å². The Kier molecular flexibility index (Phi) is 3.26. The van der Waals surface area contributed by atoms with Crippen LogP contribution in [0.1, 0.15) is 18.4 Å². The minimum absolute atomic E-state index is 0.0197. The number of hydrogen-bond donors (Lipinski definition) is 2. The highest BCUT2D eigenvalue weighted by atomic mass is 19.1. The molecule has 3 rings (SSSR count). The van der Waals surface area contributed by atoms with Crippen LogP contribution in [0.3, 0.4) is 0 Å². The molecule has 0 saturated carbocycles. The number of carbonyl (C=O) groups is 1. The van der Waals surface area contributed by atoms with Crippen LogP contribution in [-0.2, 0) is 4.79 Å². The highest BCUT2D eigenvalue weighted by molar-refractivity contribution is 5.84. The second-order valence-electron chi connectivity index (χ2n) is 6.20. The van der Waals surface area contributed by atoms with Crippen molar-refractivity contribution in [1.29, 1.82) is 0 Å². The minimum Gasteiger partial charge on any atom is -0.340 e. The lowest BCUT2D eigenvalue weighted by Gasteiger charge is -2.40. The number of hydrogen-bond acceptors (Lipinski definition) is 3. The number of amides is 1. The van der Waals surface area contributed by atoms with Crippen LogP contribution in [0.4, 0.5) is 4.39 Å². The Bertz CT molecular complexity index is 530. The smallest absolute Gasteiger partial charge is 0.231 e. The van der Waals surface area contributed by atoms with Crippen LogP contribution in [0.25, 0.3) is 0 Å². The average molecular weight is 277 g/mol. The summed E-state index contributed by atoms with van der Waals surface area (Å²) in [6.45, 7) is 4.56. The molecular weight excluding hydrogens is 257 g/mol. The van der Waals surface area contributed by atoms with Gasteiger partial charge in [0, 0.05) is 38.1 Å². The molecule has 0 aromatic heterocycles. The number of nitrogens with zero attached hydrogens (tertiary/aromatic N) is 1. The van der Waals surface area contributed by atoms with Crippen LogP contribution >= 0.6 is 0 Å². The van der Waals surface area contributed by atoms with Gasteiger partial charge in [-0.1, -0.05) is 12.1 Å². The summed E-state index contributed by atoms with van der Waals surface area (Å²) in [6.07, 6.45) is 0. The number of carbonyl (C=O) groups excluding carboxylic acids is 1. The molecule has 1 aromatic rings. The molecule has 20 heavy (non-hydrogen) atoms. The van der Waals surface area contributed by atoms with Crippen molar-refractivity contribution in [3.05, 3.63) is 35.6 Å². The predicted octanol–water partition coefficient (Wildman–Crippen LogP) is 0.688. The number of benzene rings is 1. The van der Waals surface area contributed by atoms with Crippen molar-refractivity contribution in [1.82, 2.24) is 10.2 Å². The van der Waals surface area contributed by atoms with Crippen LogP contribution in [-0.4, -0.2) is 43.0 Å². The molecule has 0 unspecified atom stereocenters. The van der Waals surface area contributed by atoms with Gasteiger partial charge in [0.05, 0.1) is 5.41 Å². The van der Waals surface area contributed by atoms with Crippen molar-refractivity contribution in [3.63, 3.8) is 0 Å². The summed E-state index contributed by atoms with van der Waals surface area (Å²) in [5, 5.41) is 3.14. The lowest BCUT2D eigenvalue weighted by molar-refractivity contribution is -0.142. The summed E-state index contributed by atoms with van der Waals surface area (Å²) >= 11 is 0. The number of likely N-dealkylation sites (tertiary alicyclic amines) is 1. The Morgan fingerprint density at radius 2 is 2.20 bits per heavy atom. The quantitative estimate of drug-likeness (QED) is 0.836. The Balaban J connectivity index is 1.75. The van der Waals surface area contributed by atoms with Crippen molar-refractivity contribution in [2.45, 2.75) is 18.9 Å². The van der Waals surface area contributed by atoms with Gasteiger partial charge >= 0.3 is 0 Å². The molecule has 2 aliphatic heterocycles. The van der Waals surface area contributed by atoms with E-state index in [1.807, 2.05) is 17.9 Å². The van der Waals surface area contributed by atoms with Gasteiger partial charge in [-0.05, 0) is 24.6 Å². The zero-order valence-electron chi connectivity index (χ0n) is 11.6. The third-order valence-electron chi connectivity index (χ3n) is 4.48. The summed E-state index contributed by atoms with van der Waals surface area (Å²) in [5.74, 6) is -0.0773. The first kappa shape index (κ1) is 13.5. The standard InChI is InChI=1S/C15H20FN3O/c1-15(8-18-9-15)14(20)19-6-12(13(17)7-19)10-3-2-4-11(16)5-10/h2-5,12-13,18H,6-9,17H2,1H3/t12-,13+/m0/s1. The van der Waals surface area contributed by atoms with Gasteiger partial charge in [0.1, 0.15) is 5.82 Å². The fourth-order valence-corrected chi connectivity index (χ4v) is 3.12. The molecular formula is C15H20FN3O. The van der Waals surface area contributed by atoms with Crippen LogP contribution in [0.5, 0.6) is 0 Å². The highest BCUT2D eigenvalue weighted by Crippen LogP contribution is 2.31. The molecule has 0 bridgehead atoms. The number of nitrogens with two attached hydrogens (primary N) is 1. The molecule has 2 fully saturated rings. The van der Waals surface area contributed by atoms with E-state index in [0.717, 1.165) is 18.7 Å². The van der Waals surface area contributed by atoms with E-state index in [0.29, 0.717) is 13.1 Å². The monoisotopic (exact) mass is 277 g/mol. The summed E-state index contributed by atoms with van der Waals surface area (Å²) in [4.78, 5) is 14.3. The maximum absolute atomic E-state index is 13.3. The predicted molar refractivity (Wildman–Crippen MR) is 74.7 cm³/mol. The molecule has 0 spiro atoms. The second-order valence-corrected chi connectivity index (χ2v) is 6.20. The van der Waals surface area contributed by atoms with Crippen LogP contribution in [0.15, 0.2) is 24.3 Å². The van der Waals surface area contributed by atoms with Gasteiger partial charge in [-0.2, -0.15) is 0 Å². The molecule has 2 heterocycles. The fraction of sp³-hybridized carbons (Fsp3) is 0.533. The van der Waals surface area contributed by atoms with E-state index in [-0.39, 0.29) is 29.1 Å². The number of rotatable bonds is 2. The van der Waals surface area contributed by atoms with E-state index in [1.54, 1.807) is 6.07 Å². The Labute approximate surface area is 118 Å². The first-order valence-corrected chi connectivity index (χ1v) is 7.01. The van der Waals surface area contributed by atoms with E-state index in [4.69, 9.17) is 5.73 Å². The average Bonchev–Trinajstić information content (AvgIpc) is 2.77. The maximum atomic E-state index is 13.3. The lowest BCUT2D eigenvalue weighted by Crippen LogP contribution is -2.60. The fourth-order valence-electron chi connectivity index (χ4n) is 3.12. The van der Waals surface area contributed by atoms with E-state index >= 15 is 0 Å². The maximum Gasteiger partial charge on any atom is 0.231 e. The van der Waals surface area contributed by atoms with Crippen molar-refractivity contribution in [2.75, 3.05) is 26.2 Å². The van der Waals surface area contributed by atoms with E-state index in [9.17, 15) is 9.18 Å². The summed E-state index contributed by atoms with van der Waals surface area (Å²) in [6, 6.07) is 6.39. The molecule has 1 amide bonds. The summed E-state index contributed by atoms with van der Waals surface area (Å²) in [7, 11) is 0. The van der Waals surface area contributed by atoms with Gasteiger partial charge in [0.15, 0.2) is 0 Å². The number of halogens is 1.